The van der Waals surface area contributed by atoms with Crippen LogP contribution in [0.25, 0.3) is 17.1 Å². The van der Waals surface area contributed by atoms with Crippen LogP contribution in [0.1, 0.15) is 44.0 Å². The van der Waals surface area contributed by atoms with Crippen molar-refractivity contribution < 1.29 is 23.2 Å². The summed E-state index contributed by atoms with van der Waals surface area (Å²) in [5.74, 6) is 0.792. The average Bonchev–Trinajstić information content (AvgIpc) is 3.51. The maximum absolute atomic E-state index is 13.0. The fourth-order valence-electron chi connectivity index (χ4n) is 3.73. The Labute approximate surface area is 221 Å². The van der Waals surface area contributed by atoms with Gasteiger partial charge < -0.3 is 14.9 Å². The van der Waals surface area contributed by atoms with Crippen LogP contribution in [0.15, 0.2) is 48.2 Å². The van der Waals surface area contributed by atoms with Crippen molar-refractivity contribution in [3.05, 3.63) is 60.1 Å². The molecule has 38 heavy (non-hydrogen) atoms. The van der Waals surface area contributed by atoms with E-state index in [0.29, 0.717) is 34.9 Å². The molecule has 0 fully saturated rings. The minimum Gasteiger partial charge on any atom is -0.377 e. The first-order valence-corrected chi connectivity index (χ1v) is 13.3. The molecular weight excluding hydrogens is 518 g/mol. The number of aliphatic imine (C=N–C) groups is 1. The summed E-state index contributed by atoms with van der Waals surface area (Å²) in [5.41, 5.74) is 1.25. The SMILES string of the molecule is C=C1c2c(nc(-c3cnn(Cc4cccc(C(F)(F)F)c4)c3)n2CO)N=C(C#N)N1CCC.CC.CPO. The number of aliphatic hydroxyl groups excluding tert-OH is 1. The molecule has 3 aromatic rings. The van der Waals surface area contributed by atoms with E-state index in [2.05, 4.69) is 21.7 Å². The van der Waals surface area contributed by atoms with Crippen molar-refractivity contribution in [2.75, 3.05) is 13.2 Å². The Hall–Kier alpha value is -3.52. The molecule has 9 nitrogen and oxygen atoms in total. The number of halogens is 3. The number of aromatic nitrogens is 4. The lowest BCUT2D eigenvalue weighted by atomic mass is 10.1. The summed E-state index contributed by atoms with van der Waals surface area (Å²) in [5, 5.41) is 23.7. The van der Waals surface area contributed by atoms with Crippen molar-refractivity contribution in [2.45, 2.75) is 46.6 Å². The molecule has 0 saturated carbocycles. The summed E-state index contributed by atoms with van der Waals surface area (Å²) in [6, 6.07) is 7.10. The molecule has 1 aliphatic rings. The van der Waals surface area contributed by atoms with Crippen molar-refractivity contribution in [1.29, 1.82) is 5.26 Å². The highest BCUT2D eigenvalue weighted by atomic mass is 31.1. The van der Waals surface area contributed by atoms with Crippen molar-refractivity contribution in [3.63, 3.8) is 0 Å². The zero-order valence-electron chi connectivity index (χ0n) is 21.7. The highest BCUT2D eigenvalue weighted by Gasteiger charge is 2.31. The molecule has 0 aliphatic carbocycles. The van der Waals surface area contributed by atoms with E-state index in [1.165, 1.54) is 21.5 Å². The molecule has 0 radical (unpaired) electrons. The van der Waals surface area contributed by atoms with E-state index in [1.807, 2.05) is 26.8 Å². The molecule has 1 aliphatic heterocycles. The number of nitrogens with zero attached hydrogens (tertiary/aromatic N) is 7. The third-order valence-electron chi connectivity index (χ3n) is 5.19. The first-order chi connectivity index (χ1) is 18.2. The van der Waals surface area contributed by atoms with Crippen LogP contribution >= 0.6 is 8.81 Å². The number of benzene rings is 1. The molecule has 1 atom stereocenters. The number of fused-ring (bicyclic) bond motifs is 1. The molecule has 1 unspecified atom stereocenters. The Morgan fingerprint density at radius 1 is 1.24 bits per heavy atom. The van der Waals surface area contributed by atoms with Crippen LogP contribution in [0.2, 0.25) is 0 Å². The fraction of sp³-hybridized carbons (Fsp3) is 0.360. The molecule has 0 bridgehead atoms. The number of hydrogen-bond donors (Lipinski definition) is 2. The highest BCUT2D eigenvalue weighted by Crippen LogP contribution is 2.36. The fourth-order valence-corrected chi connectivity index (χ4v) is 3.73. The van der Waals surface area contributed by atoms with E-state index in [1.54, 1.807) is 23.8 Å². The summed E-state index contributed by atoms with van der Waals surface area (Å²) in [6.45, 7) is 12.0. The third kappa shape index (κ3) is 6.86. The molecule has 2 aromatic heterocycles. The molecule has 4 rings (SSSR count). The lowest BCUT2D eigenvalue weighted by Gasteiger charge is -2.27. The second kappa shape index (κ2) is 13.9. The van der Waals surface area contributed by atoms with Crippen LogP contribution in [0.3, 0.4) is 0 Å². The van der Waals surface area contributed by atoms with Gasteiger partial charge in [0, 0.05) is 21.5 Å². The lowest BCUT2D eigenvalue weighted by molar-refractivity contribution is -0.137. The van der Waals surface area contributed by atoms with Gasteiger partial charge in [-0.1, -0.05) is 39.5 Å². The largest absolute Gasteiger partial charge is 0.416 e. The third-order valence-corrected chi connectivity index (χ3v) is 5.19. The van der Waals surface area contributed by atoms with Crippen LogP contribution in [-0.4, -0.2) is 53.3 Å². The van der Waals surface area contributed by atoms with Gasteiger partial charge in [0.15, 0.2) is 5.82 Å². The predicted octanol–water partition coefficient (Wildman–Crippen LogP) is 5.24. The van der Waals surface area contributed by atoms with Crippen LogP contribution in [0.4, 0.5) is 19.0 Å². The monoisotopic (exact) mass is 549 g/mol. The quantitative estimate of drug-likeness (QED) is 0.407. The Kier molecular flexibility index (Phi) is 11.2. The number of imidazole rings is 1. The zero-order chi connectivity index (χ0) is 28.5. The number of aliphatic hydroxyl groups is 1. The summed E-state index contributed by atoms with van der Waals surface area (Å²) >= 11 is 0. The molecule has 0 saturated heterocycles. The van der Waals surface area contributed by atoms with Crippen LogP contribution in [0, 0.1) is 11.3 Å². The zero-order valence-corrected chi connectivity index (χ0v) is 22.7. The van der Waals surface area contributed by atoms with Crippen LogP contribution < -0.4 is 0 Å². The minimum atomic E-state index is -4.42. The van der Waals surface area contributed by atoms with Crippen molar-refractivity contribution >= 4 is 26.2 Å². The predicted molar refractivity (Wildman–Crippen MR) is 143 cm³/mol. The second-order valence-corrected chi connectivity index (χ2v) is 8.12. The van der Waals surface area contributed by atoms with Gasteiger partial charge in [0.2, 0.25) is 5.84 Å². The molecule has 204 valence electrons. The topological polar surface area (TPSA) is 115 Å². The van der Waals surface area contributed by atoms with Crippen LogP contribution in [0.5, 0.6) is 0 Å². The lowest BCUT2D eigenvalue weighted by Crippen LogP contribution is -2.32. The Balaban J connectivity index is 0.000000947. The molecule has 2 N–H and O–H groups in total. The summed E-state index contributed by atoms with van der Waals surface area (Å²) in [6.07, 6.45) is -0.526. The molecule has 13 heteroatoms. The van der Waals surface area contributed by atoms with Gasteiger partial charge in [-0.2, -0.15) is 28.5 Å². The van der Waals surface area contributed by atoms with E-state index < -0.39 is 18.5 Å². The van der Waals surface area contributed by atoms with E-state index in [-0.39, 0.29) is 27.0 Å². The van der Waals surface area contributed by atoms with Crippen molar-refractivity contribution in [1.82, 2.24) is 24.2 Å². The first-order valence-electron chi connectivity index (χ1n) is 11.8. The van der Waals surface area contributed by atoms with Crippen molar-refractivity contribution in [2.24, 2.45) is 4.99 Å². The van der Waals surface area contributed by atoms with Crippen LogP contribution in [-0.2, 0) is 19.5 Å². The maximum atomic E-state index is 13.0. The summed E-state index contributed by atoms with van der Waals surface area (Å²) in [4.78, 5) is 18.1. The summed E-state index contributed by atoms with van der Waals surface area (Å²) < 4.78 is 42.0. The number of alkyl halides is 3. The number of hydrogen-bond acceptors (Lipinski definition) is 7. The molecule has 1 aromatic carbocycles. The first kappa shape index (κ1) is 30.7. The average molecular weight is 550 g/mol. The van der Waals surface area contributed by atoms with Gasteiger partial charge >= 0.3 is 6.18 Å². The minimum absolute atomic E-state index is 0.0833. The Morgan fingerprint density at radius 3 is 2.50 bits per heavy atom. The van der Waals surface area contributed by atoms with E-state index in [0.717, 1.165) is 18.6 Å². The van der Waals surface area contributed by atoms with E-state index >= 15 is 0 Å². The Bertz CT molecular complexity index is 1310. The van der Waals surface area contributed by atoms with Gasteiger partial charge in [0.05, 0.1) is 29.6 Å². The number of rotatable bonds is 6. The molecular formula is C25H31F3N7O2P. The standard InChI is InChI=1S/C22H20F3N7O.C2H6.CH5OP/c1-3-7-31-14(2)19-20(28-18(31)9-26)29-21(32(19)13-33)16-10-27-30(12-16)11-15-5-4-6-17(8-15)22(23,24)25;1-2;1-3-2/h4-6,8,10,12,33H,2-3,7,11,13H2,1H3;1-2H3;2-3H,1H3. The molecule has 0 amide bonds. The molecule has 0 spiro atoms. The van der Waals surface area contributed by atoms with Crippen molar-refractivity contribution in [3.8, 4) is 17.5 Å². The van der Waals surface area contributed by atoms with Gasteiger partial charge in [-0.3, -0.25) is 9.25 Å². The van der Waals surface area contributed by atoms with Gasteiger partial charge in [-0.05, 0) is 30.8 Å². The second-order valence-electron chi connectivity index (χ2n) is 7.67. The normalized spacial score (nSPS) is 12.8. The van der Waals surface area contributed by atoms with Gasteiger partial charge in [0.25, 0.3) is 0 Å². The molecule has 3 heterocycles. The van der Waals surface area contributed by atoms with E-state index in [4.69, 9.17) is 4.89 Å². The highest BCUT2D eigenvalue weighted by molar-refractivity contribution is 7.29. The van der Waals surface area contributed by atoms with Gasteiger partial charge in [0.1, 0.15) is 24.3 Å². The van der Waals surface area contributed by atoms with Gasteiger partial charge in [-0.25, -0.2) is 4.98 Å². The number of amidine groups is 1. The van der Waals surface area contributed by atoms with E-state index in [9.17, 15) is 23.5 Å². The Morgan fingerprint density at radius 2 is 1.92 bits per heavy atom. The maximum Gasteiger partial charge on any atom is 0.416 e. The smallest absolute Gasteiger partial charge is 0.377 e. The number of nitriles is 1. The van der Waals surface area contributed by atoms with Gasteiger partial charge in [-0.15, -0.1) is 0 Å². The summed E-state index contributed by atoms with van der Waals surface area (Å²) in [7, 11) is 0.0833.